The first kappa shape index (κ1) is 13.4. The molecule has 0 saturated carbocycles. The fraction of sp³-hybridized carbons (Fsp3) is 0.533. The summed E-state index contributed by atoms with van der Waals surface area (Å²) in [4.78, 5) is 14.1. The molecule has 0 unspecified atom stereocenters. The zero-order chi connectivity index (χ0) is 14.0. The van der Waals surface area contributed by atoms with Crippen LogP contribution in [-0.4, -0.2) is 31.5 Å². The molecule has 1 aromatic rings. The fourth-order valence-electron chi connectivity index (χ4n) is 2.96. The topological polar surface area (TPSA) is 64.8 Å². The summed E-state index contributed by atoms with van der Waals surface area (Å²) in [5.41, 5.74) is 7.26. The Hall–Kier alpha value is -1.59. The van der Waals surface area contributed by atoms with E-state index in [0.29, 0.717) is 26.3 Å². The average Bonchev–Trinajstić information content (AvgIpc) is 2.48. The van der Waals surface area contributed by atoms with E-state index in [-0.39, 0.29) is 11.7 Å². The lowest BCUT2D eigenvalue weighted by Crippen LogP contribution is -2.52. The van der Waals surface area contributed by atoms with Crippen molar-refractivity contribution in [2.24, 2.45) is 5.73 Å². The van der Waals surface area contributed by atoms with Gasteiger partial charge in [-0.3, -0.25) is 4.90 Å². The lowest BCUT2D eigenvalue weighted by atomic mass is 9.89. The molecule has 2 fully saturated rings. The van der Waals surface area contributed by atoms with Crippen LogP contribution < -0.4 is 10.6 Å². The lowest BCUT2D eigenvalue weighted by Gasteiger charge is -2.43. The van der Waals surface area contributed by atoms with Crippen molar-refractivity contribution >= 4 is 11.8 Å². The molecule has 5 nitrogen and oxygen atoms in total. The summed E-state index contributed by atoms with van der Waals surface area (Å²) in [6, 6.07) is 7.72. The van der Waals surface area contributed by atoms with Gasteiger partial charge in [0.2, 0.25) is 0 Å². The Morgan fingerprint density at radius 3 is 2.65 bits per heavy atom. The number of carbonyl (C=O) groups is 1. The summed E-state index contributed by atoms with van der Waals surface area (Å²) >= 11 is 0. The second kappa shape index (κ2) is 5.42. The summed E-state index contributed by atoms with van der Waals surface area (Å²) in [5.74, 6) is 0. The van der Waals surface area contributed by atoms with E-state index in [0.717, 1.165) is 30.5 Å². The maximum absolute atomic E-state index is 12.4. The minimum absolute atomic E-state index is 0.265. The number of hydrogen-bond acceptors (Lipinski definition) is 4. The lowest BCUT2D eigenvalue weighted by molar-refractivity contribution is -0.0805. The average molecular weight is 276 g/mol. The Labute approximate surface area is 118 Å². The largest absolute Gasteiger partial charge is 0.442 e. The van der Waals surface area contributed by atoms with Crippen LogP contribution in [-0.2, 0) is 16.0 Å². The van der Waals surface area contributed by atoms with Gasteiger partial charge in [-0.2, -0.15) is 0 Å². The van der Waals surface area contributed by atoms with E-state index in [1.54, 1.807) is 4.90 Å². The molecule has 0 radical (unpaired) electrons. The van der Waals surface area contributed by atoms with Gasteiger partial charge in [0.05, 0.1) is 18.9 Å². The molecule has 2 N–H and O–H groups in total. The summed E-state index contributed by atoms with van der Waals surface area (Å²) in [6.07, 6.45) is 2.18. The van der Waals surface area contributed by atoms with Gasteiger partial charge in [-0.1, -0.05) is 18.2 Å². The highest BCUT2D eigenvalue weighted by Crippen LogP contribution is 2.35. The number of rotatable bonds is 2. The molecule has 1 spiro atoms. The SMILES string of the molecule is NCc1ccccc1N1CCC2(CCOCC2)OC1=O. The van der Waals surface area contributed by atoms with Gasteiger partial charge in [0.1, 0.15) is 5.60 Å². The van der Waals surface area contributed by atoms with Gasteiger partial charge >= 0.3 is 6.09 Å². The molecule has 3 rings (SSSR count). The van der Waals surface area contributed by atoms with Crippen LogP contribution in [0.2, 0.25) is 0 Å². The van der Waals surface area contributed by atoms with E-state index in [9.17, 15) is 4.79 Å². The summed E-state index contributed by atoms with van der Waals surface area (Å²) < 4.78 is 11.1. The zero-order valence-corrected chi connectivity index (χ0v) is 11.5. The third kappa shape index (κ3) is 2.39. The van der Waals surface area contributed by atoms with E-state index in [1.165, 1.54) is 0 Å². The Balaban J connectivity index is 1.79. The molecule has 0 aliphatic carbocycles. The van der Waals surface area contributed by atoms with Crippen molar-refractivity contribution in [3.8, 4) is 0 Å². The normalized spacial score (nSPS) is 21.9. The van der Waals surface area contributed by atoms with E-state index in [1.807, 2.05) is 24.3 Å². The van der Waals surface area contributed by atoms with Crippen LogP contribution in [0.4, 0.5) is 10.5 Å². The minimum Gasteiger partial charge on any atom is -0.442 e. The summed E-state index contributed by atoms with van der Waals surface area (Å²) in [5, 5.41) is 0. The molecule has 108 valence electrons. The van der Waals surface area contributed by atoms with E-state index in [4.69, 9.17) is 15.2 Å². The van der Waals surface area contributed by atoms with Gasteiger partial charge in [-0.05, 0) is 11.6 Å². The van der Waals surface area contributed by atoms with Crippen molar-refractivity contribution < 1.29 is 14.3 Å². The molecule has 1 amide bonds. The van der Waals surface area contributed by atoms with E-state index in [2.05, 4.69) is 0 Å². The molecular formula is C15H20N2O3. The Kier molecular flexibility index (Phi) is 3.63. The molecule has 0 aromatic heterocycles. The number of hydrogen-bond donors (Lipinski definition) is 1. The quantitative estimate of drug-likeness (QED) is 0.897. The molecular weight excluding hydrogens is 256 g/mol. The third-order valence-corrected chi connectivity index (χ3v) is 4.22. The van der Waals surface area contributed by atoms with Crippen molar-refractivity contribution in [3.05, 3.63) is 29.8 Å². The highest BCUT2D eigenvalue weighted by Gasteiger charge is 2.42. The van der Waals surface area contributed by atoms with Gasteiger partial charge < -0.3 is 15.2 Å². The molecule has 5 heteroatoms. The number of nitrogens with two attached hydrogens (primary N) is 1. The van der Waals surface area contributed by atoms with Crippen molar-refractivity contribution in [1.29, 1.82) is 0 Å². The molecule has 2 aliphatic rings. The molecule has 2 saturated heterocycles. The van der Waals surface area contributed by atoms with E-state index < -0.39 is 0 Å². The monoisotopic (exact) mass is 276 g/mol. The number of amides is 1. The van der Waals surface area contributed by atoms with Gasteiger partial charge in [0.15, 0.2) is 0 Å². The van der Waals surface area contributed by atoms with Gasteiger partial charge in [0, 0.05) is 32.4 Å². The molecule has 2 heterocycles. The Bertz CT molecular complexity index is 498. The number of para-hydroxylation sites is 1. The van der Waals surface area contributed by atoms with E-state index >= 15 is 0 Å². The second-order valence-electron chi connectivity index (χ2n) is 5.40. The smallest absolute Gasteiger partial charge is 0.414 e. The zero-order valence-electron chi connectivity index (χ0n) is 11.5. The first-order valence-electron chi connectivity index (χ1n) is 7.10. The fourth-order valence-corrected chi connectivity index (χ4v) is 2.96. The van der Waals surface area contributed by atoms with Crippen LogP contribution in [0.1, 0.15) is 24.8 Å². The summed E-state index contributed by atoms with van der Waals surface area (Å²) in [7, 11) is 0. The standard InChI is InChI=1S/C15H20N2O3/c16-11-12-3-1-2-4-13(12)17-8-5-15(20-14(17)18)6-9-19-10-7-15/h1-4H,5-11,16H2. The first-order chi connectivity index (χ1) is 9.74. The summed E-state index contributed by atoms with van der Waals surface area (Å²) in [6.45, 7) is 2.44. The van der Waals surface area contributed by atoms with Gasteiger partial charge in [-0.25, -0.2) is 4.79 Å². The molecule has 2 aliphatic heterocycles. The highest BCUT2D eigenvalue weighted by molar-refractivity contribution is 5.89. The number of nitrogens with zero attached hydrogens (tertiary/aromatic N) is 1. The second-order valence-corrected chi connectivity index (χ2v) is 5.40. The molecule has 1 aromatic carbocycles. The predicted octanol–water partition coefficient (Wildman–Crippen LogP) is 2.04. The Morgan fingerprint density at radius 2 is 1.95 bits per heavy atom. The maximum Gasteiger partial charge on any atom is 0.414 e. The van der Waals surface area contributed by atoms with Crippen molar-refractivity contribution in [1.82, 2.24) is 0 Å². The van der Waals surface area contributed by atoms with Crippen molar-refractivity contribution in [2.45, 2.75) is 31.4 Å². The number of ether oxygens (including phenoxy) is 2. The number of anilines is 1. The van der Waals surface area contributed by atoms with Gasteiger partial charge in [-0.15, -0.1) is 0 Å². The van der Waals surface area contributed by atoms with Gasteiger partial charge in [0.25, 0.3) is 0 Å². The van der Waals surface area contributed by atoms with Crippen LogP contribution in [0.3, 0.4) is 0 Å². The molecule has 20 heavy (non-hydrogen) atoms. The maximum atomic E-state index is 12.4. The number of benzene rings is 1. The Morgan fingerprint density at radius 1 is 1.20 bits per heavy atom. The molecule has 0 atom stereocenters. The predicted molar refractivity (Wildman–Crippen MR) is 75.6 cm³/mol. The van der Waals surface area contributed by atoms with Crippen molar-refractivity contribution in [2.75, 3.05) is 24.7 Å². The third-order valence-electron chi connectivity index (χ3n) is 4.22. The van der Waals surface area contributed by atoms with Crippen LogP contribution >= 0.6 is 0 Å². The van der Waals surface area contributed by atoms with Crippen LogP contribution in [0.25, 0.3) is 0 Å². The minimum atomic E-state index is -0.316. The van der Waals surface area contributed by atoms with Crippen LogP contribution in [0.15, 0.2) is 24.3 Å². The first-order valence-corrected chi connectivity index (χ1v) is 7.10. The van der Waals surface area contributed by atoms with Crippen molar-refractivity contribution in [3.63, 3.8) is 0 Å². The van der Waals surface area contributed by atoms with Crippen LogP contribution in [0.5, 0.6) is 0 Å². The number of carbonyl (C=O) groups excluding carboxylic acids is 1. The highest BCUT2D eigenvalue weighted by atomic mass is 16.6. The molecule has 0 bridgehead atoms. The van der Waals surface area contributed by atoms with Crippen LogP contribution in [0, 0.1) is 0 Å².